The summed E-state index contributed by atoms with van der Waals surface area (Å²) in [4.78, 5) is 33.5. The molecule has 0 aliphatic heterocycles. The van der Waals surface area contributed by atoms with Gasteiger partial charge in [0.25, 0.3) is 5.56 Å². The smallest absolute Gasteiger partial charge is 0.338 e. The van der Waals surface area contributed by atoms with E-state index in [1.54, 1.807) is 13.0 Å². The monoisotopic (exact) mass is 435 g/mol. The molecule has 2 heterocycles. The molecule has 2 aromatic heterocycles. The molecule has 0 atom stereocenters. The number of ether oxygens (including phenoxy) is 1. The third kappa shape index (κ3) is 3.96. The lowest BCUT2D eigenvalue weighted by Gasteiger charge is -2.13. The number of aromatic amines is 1. The second-order valence-corrected chi connectivity index (χ2v) is 10.2. The predicted molar refractivity (Wildman–Crippen MR) is 111 cm³/mol. The van der Waals surface area contributed by atoms with Crippen LogP contribution in [0.2, 0.25) is 0 Å². The Hall–Kier alpha value is -2.56. The average molecular weight is 436 g/mol. The molecule has 3 rings (SSSR count). The van der Waals surface area contributed by atoms with Gasteiger partial charge in [0.2, 0.25) is 10.0 Å². The highest BCUT2D eigenvalue weighted by molar-refractivity contribution is 7.89. The minimum absolute atomic E-state index is 0.00228. The van der Waals surface area contributed by atoms with Crippen LogP contribution in [0.4, 0.5) is 0 Å². The molecular weight excluding hydrogens is 414 g/mol. The van der Waals surface area contributed by atoms with Gasteiger partial charge >= 0.3 is 5.97 Å². The summed E-state index contributed by atoms with van der Waals surface area (Å²) >= 11 is 1.40. The van der Waals surface area contributed by atoms with E-state index < -0.39 is 16.0 Å². The number of esters is 1. The number of nitrogens with one attached hydrogen (secondary N) is 1. The second-order valence-electron chi connectivity index (χ2n) is 6.82. The summed E-state index contributed by atoms with van der Waals surface area (Å²) in [6.45, 7) is 5.23. The highest BCUT2D eigenvalue weighted by Gasteiger charge is 2.21. The normalized spacial score (nSPS) is 11.9. The third-order valence-corrected chi connectivity index (χ3v) is 7.55. The van der Waals surface area contributed by atoms with Crippen molar-refractivity contribution >= 4 is 37.5 Å². The molecule has 10 heteroatoms. The molecule has 0 unspecified atom stereocenters. The molecule has 0 fully saturated rings. The Balaban J connectivity index is 1.86. The fourth-order valence-corrected chi connectivity index (χ4v) is 4.75. The first-order valence-corrected chi connectivity index (χ1v) is 11.0. The number of sulfonamides is 1. The number of carbonyl (C=O) groups excluding carboxylic acids is 1. The van der Waals surface area contributed by atoms with Gasteiger partial charge in [0.1, 0.15) is 17.3 Å². The van der Waals surface area contributed by atoms with E-state index in [1.165, 1.54) is 37.6 Å². The number of hydrogen-bond donors (Lipinski definition) is 1. The van der Waals surface area contributed by atoms with Gasteiger partial charge in [-0.25, -0.2) is 22.5 Å². The number of fused-ring (bicyclic) bond motifs is 1. The van der Waals surface area contributed by atoms with E-state index in [0.29, 0.717) is 15.8 Å². The van der Waals surface area contributed by atoms with Crippen molar-refractivity contribution < 1.29 is 17.9 Å². The molecule has 0 radical (unpaired) electrons. The maximum atomic E-state index is 12.5. The second kappa shape index (κ2) is 7.69. The Morgan fingerprint density at radius 1 is 1.24 bits per heavy atom. The first-order valence-electron chi connectivity index (χ1n) is 8.71. The molecule has 1 N–H and O–H groups in total. The number of nitrogens with zero attached hydrogens (tertiary/aromatic N) is 2. The average Bonchev–Trinajstić information content (AvgIpc) is 2.94. The molecule has 0 aliphatic carbocycles. The molecule has 0 bridgehead atoms. The largest absolute Gasteiger partial charge is 0.454 e. The van der Waals surface area contributed by atoms with Crippen LogP contribution < -0.4 is 5.56 Å². The van der Waals surface area contributed by atoms with E-state index in [4.69, 9.17) is 4.74 Å². The first-order chi connectivity index (χ1) is 13.5. The minimum Gasteiger partial charge on any atom is -0.454 e. The Morgan fingerprint density at radius 2 is 1.93 bits per heavy atom. The number of H-pyrrole nitrogens is 1. The van der Waals surface area contributed by atoms with Crippen molar-refractivity contribution in [3.8, 4) is 0 Å². The molecule has 0 spiro atoms. The number of hydrogen-bond acceptors (Lipinski definition) is 7. The summed E-state index contributed by atoms with van der Waals surface area (Å²) in [6, 6.07) is 4.28. The minimum atomic E-state index is -3.68. The number of thiophene rings is 1. The predicted octanol–water partition coefficient (Wildman–Crippen LogP) is 2.52. The molecular formula is C19H21N3O5S2. The number of rotatable bonds is 5. The van der Waals surface area contributed by atoms with Crippen molar-refractivity contribution in [1.29, 1.82) is 0 Å². The van der Waals surface area contributed by atoms with Crippen LogP contribution in [0, 0.1) is 20.8 Å². The van der Waals surface area contributed by atoms with E-state index in [-0.39, 0.29) is 28.4 Å². The van der Waals surface area contributed by atoms with Gasteiger partial charge in [-0.1, -0.05) is 6.07 Å². The Labute approximate surface area is 172 Å². The molecule has 29 heavy (non-hydrogen) atoms. The van der Waals surface area contributed by atoms with E-state index >= 15 is 0 Å². The quantitative estimate of drug-likeness (QED) is 0.617. The third-order valence-electron chi connectivity index (χ3n) is 4.64. The number of aryl methyl sites for hydroxylation is 3. The van der Waals surface area contributed by atoms with Crippen LogP contribution in [-0.2, 0) is 21.4 Å². The van der Waals surface area contributed by atoms with Gasteiger partial charge in [-0.2, -0.15) is 0 Å². The molecule has 0 saturated heterocycles. The van der Waals surface area contributed by atoms with Crippen LogP contribution in [-0.4, -0.2) is 42.8 Å². The van der Waals surface area contributed by atoms with Crippen molar-refractivity contribution in [3.63, 3.8) is 0 Å². The molecule has 0 saturated carbocycles. The van der Waals surface area contributed by atoms with Crippen LogP contribution in [0.5, 0.6) is 0 Å². The summed E-state index contributed by atoms with van der Waals surface area (Å²) in [6.07, 6.45) is 0. The standard InChI is InChI=1S/C19H21N3O5S2/c1-10-6-7-13(29(25,26)22(4)5)8-14(10)19(24)27-9-15-20-17(23)16-11(2)12(3)28-18(16)21-15/h6-8H,9H2,1-5H3,(H,20,21,23). The van der Waals surface area contributed by atoms with Crippen LogP contribution in [0.15, 0.2) is 27.9 Å². The zero-order valence-electron chi connectivity index (χ0n) is 16.7. The van der Waals surface area contributed by atoms with Gasteiger partial charge in [-0.3, -0.25) is 4.79 Å². The molecule has 154 valence electrons. The van der Waals surface area contributed by atoms with E-state index in [1.807, 2.05) is 13.8 Å². The first kappa shape index (κ1) is 21.2. The van der Waals surface area contributed by atoms with Crippen LogP contribution in [0.1, 0.15) is 32.2 Å². The van der Waals surface area contributed by atoms with Crippen molar-refractivity contribution in [1.82, 2.24) is 14.3 Å². The topological polar surface area (TPSA) is 109 Å². The van der Waals surface area contributed by atoms with Gasteiger partial charge in [-0.05, 0) is 44.0 Å². The van der Waals surface area contributed by atoms with Crippen molar-refractivity contribution in [2.45, 2.75) is 32.3 Å². The van der Waals surface area contributed by atoms with E-state index in [2.05, 4.69) is 9.97 Å². The number of aromatic nitrogens is 2. The van der Waals surface area contributed by atoms with Gasteiger partial charge < -0.3 is 9.72 Å². The fourth-order valence-electron chi connectivity index (χ4n) is 2.77. The lowest BCUT2D eigenvalue weighted by atomic mass is 10.1. The highest BCUT2D eigenvalue weighted by Crippen LogP contribution is 2.26. The van der Waals surface area contributed by atoms with Gasteiger partial charge in [0.15, 0.2) is 0 Å². The van der Waals surface area contributed by atoms with Crippen molar-refractivity contribution in [3.05, 3.63) is 55.9 Å². The van der Waals surface area contributed by atoms with Gasteiger partial charge in [-0.15, -0.1) is 11.3 Å². The van der Waals surface area contributed by atoms with E-state index in [0.717, 1.165) is 14.7 Å². The summed E-state index contributed by atoms with van der Waals surface area (Å²) < 4.78 is 31.0. The maximum Gasteiger partial charge on any atom is 0.338 e. The molecule has 8 nitrogen and oxygen atoms in total. The lowest BCUT2D eigenvalue weighted by Crippen LogP contribution is -2.22. The fraction of sp³-hybridized carbons (Fsp3) is 0.316. The van der Waals surface area contributed by atoms with Crippen LogP contribution in [0.3, 0.4) is 0 Å². The molecule has 3 aromatic rings. The maximum absolute atomic E-state index is 12.5. The summed E-state index contributed by atoms with van der Waals surface area (Å²) in [5, 5.41) is 0.542. The zero-order chi connectivity index (χ0) is 21.5. The Kier molecular flexibility index (Phi) is 5.61. The van der Waals surface area contributed by atoms with E-state index in [9.17, 15) is 18.0 Å². The summed E-state index contributed by atoms with van der Waals surface area (Å²) in [5.41, 5.74) is 1.32. The summed E-state index contributed by atoms with van der Waals surface area (Å²) in [5.74, 6) is -0.466. The zero-order valence-corrected chi connectivity index (χ0v) is 18.3. The molecule has 0 aliphatic rings. The number of benzene rings is 1. The Bertz CT molecular complexity index is 1270. The van der Waals surface area contributed by atoms with Crippen LogP contribution in [0.25, 0.3) is 10.2 Å². The van der Waals surface area contributed by atoms with Gasteiger partial charge in [0.05, 0.1) is 15.8 Å². The highest BCUT2D eigenvalue weighted by atomic mass is 32.2. The SMILES string of the molecule is Cc1ccc(S(=O)(=O)N(C)C)cc1C(=O)OCc1nc2sc(C)c(C)c2c(=O)[nH]1. The van der Waals surface area contributed by atoms with Gasteiger partial charge in [0, 0.05) is 19.0 Å². The molecule has 1 aromatic carbocycles. The lowest BCUT2D eigenvalue weighted by molar-refractivity contribution is 0.0461. The Morgan fingerprint density at radius 3 is 2.59 bits per heavy atom. The molecule has 0 amide bonds. The van der Waals surface area contributed by atoms with Crippen molar-refractivity contribution in [2.24, 2.45) is 0 Å². The van der Waals surface area contributed by atoms with Crippen LogP contribution >= 0.6 is 11.3 Å². The van der Waals surface area contributed by atoms with Crippen molar-refractivity contribution in [2.75, 3.05) is 14.1 Å². The number of carbonyl (C=O) groups is 1. The summed E-state index contributed by atoms with van der Waals surface area (Å²) in [7, 11) is -0.849.